The van der Waals surface area contributed by atoms with Crippen molar-refractivity contribution >= 4 is 31.7 Å². The van der Waals surface area contributed by atoms with Crippen LogP contribution in [0.3, 0.4) is 0 Å². The molecule has 0 aromatic heterocycles. The van der Waals surface area contributed by atoms with E-state index in [0.29, 0.717) is 28.6 Å². The van der Waals surface area contributed by atoms with Crippen LogP contribution in [0.15, 0.2) is 22.7 Å². The van der Waals surface area contributed by atoms with Gasteiger partial charge in [-0.1, -0.05) is 0 Å². The Kier molecular flexibility index (Phi) is 4.70. The summed E-state index contributed by atoms with van der Waals surface area (Å²) in [7, 11) is -1.38. The van der Waals surface area contributed by atoms with Gasteiger partial charge in [0.05, 0.1) is 24.2 Å². The van der Waals surface area contributed by atoms with Crippen LogP contribution in [0.1, 0.15) is 23.2 Å². The van der Waals surface area contributed by atoms with Gasteiger partial charge in [-0.3, -0.25) is 4.79 Å². The van der Waals surface area contributed by atoms with Gasteiger partial charge in [-0.2, -0.15) is 0 Å². The minimum atomic E-state index is -2.92. The van der Waals surface area contributed by atoms with E-state index in [4.69, 9.17) is 4.74 Å². The second kappa shape index (κ2) is 6.13. The molecular weight excluding hydrogens is 346 g/mol. The van der Waals surface area contributed by atoms with E-state index in [1.54, 1.807) is 18.2 Å². The molecule has 0 unspecified atom stereocenters. The summed E-state index contributed by atoms with van der Waals surface area (Å²) in [5.74, 6) is 0.652. The van der Waals surface area contributed by atoms with Crippen molar-refractivity contribution in [2.24, 2.45) is 0 Å². The fourth-order valence-corrected chi connectivity index (χ4v) is 4.02. The van der Waals surface area contributed by atoms with Crippen LogP contribution in [0.5, 0.6) is 5.75 Å². The van der Waals surface area contributed by atoms with Crippen LogP contribution in [-0.4, -0.2) is 39.0 Å². The van der Waals surface area contributed by atoms with Gasteiger partial charge in [0.2, 0.25) is 0 Å². The Balaban J connectivity index is 2.05. The van der Waals surface area contributed by atoms with Gasteiger partial charge in [0.15, 0.2) is 0 Å². The van der Waals surface area contributed by atoms with Crippen molar-refractivity contribution in [2.75, 3.05) is 18.6 Å². The number of carbonyl (C=O) groups is 1. The van der Waals surface area contributed by atoms with Crippen molar-refractivity contribution in [2.45, 2.75) is 18.9 Å². The summed E-state index contributed by atoms with van der Waals surface area (Å²) in [6.45, 7) is 0. The molecule has 1 aromatic carbocycles. The van der Waals surface area contributed by atoms with Gasteiger partial charge in [0, 0.05) is 10.5 Å². The predicted molar refractivity (Wildman–Crippen MR) is 79.8 cm³/mol. The molecule has 110 valence electrons. The molecule has 1 aliphatic heterocycles. The Bertz CT molecular complexity index is 601. The van der Waals surface area contributed by atoms with Crippen molar-refractivity contribution in [1.82, 2.24) is 5.32 Å². The Morgan fingerprint density at radius 3 is 2.60 bits per heavy atom. The van der Waals surface area contributed by atoms with Gasteiger partial charge in [-0.15, -0.1) is 0 Å². The van der Waals surface area contributed by atoms with Crippen LogP contribution < -0.4 is 10.1 Å². The number of ether oxygens (including phenoxy) is 1. The molecule has 1 heterocycles. The van der Waals surface area contributed by atoms with Gasteiger partial charge in [-0.05, 0) is 47.0 Å². The summed E-state index contributed by atoms with van der Waals surface area (Å²) in [4.78, 5) is 12.2. The first-order valence-corrected chi connectivity index (χ1v) is 8.87. The monoisotopic (exact) mass is 361 g/mol. The maximum Gasteiger partial charge on any atom is 0.252 e. The van der Waals surface area contributed by atoms with Crippen LogP contribution in [0.2, 0.25) is 0 Å². The van der Waals surface area contributed by atoms with Gasteiger partial charge in [0.1, 0.15) is 15.6 Å². The Morgan fingerprint density at radius 1 is 1.35 bits per heavy atom. The molecule has 7 heteroatoms. The summed E-state index contributed by atoms with van der Waals surface area (Å²) in [6, 6.07) is 5.07. The molecule has 1 saturated heterocycles. The maximum atomic E-state index is 12.2. The van der Waals surface area contributed by atoms with E-state index in [1.165, 1.54) is 7.11 Å². The topological polar surface area (TPSA) is 72.5 Å². The average molecular weight is 362 g/mol. The number of nitrogens with one attached hydrogen (secondary N) is 1. The first kappa shape index (κ1) is 15.3. The van der Waals surface area contributed by atoms with E-state index < -0.39 is 9.84 Å². The number of benzene rings is 1. The highest BCUT2D eigenvalue weighted by molar-refractivity contribution is 9.10. The Hall–Kier alpha value is -1.08. The number of hydrogen-bond donors (Lipinski definition) is 1. The number of halogens is 1. The van der Waals surface area contributed by atoms with Gasteiger partial charge in [0.25, 0.3) is 5.91 Å². The molecule has 0 saturated carbocycles. The number of carbonyl (C=O) groups excluding carboxylic acids is 1. The van der Waals surface area contributed by atoms with Gasteiger partial charge in [-0.25, -0.2) is 8.42 Å². The smallest absolute Gasteiger partial charge is 0.252 e. The zero-order valence-corrected chi connectivity index (χ0v) is 13.5. The van der Waals surface area contributed by atoms with E-state index in [2.05, 4.69) is 21.2 Å². The van der Waals surface area contributed by atoms with E-state index in [9.17, 15) is 13.2 Å². The van der Waals surface area contributed by atoms with Crippen molar-refractivity contribution in [3.05, 3.63) is 28.2 Å². The molecule has 1 aliphatic rings. The standard InChI is InChI=1S/C13H16BrNO4S/c1-19-10-2-3-12(14)11(8-10)13(16)15-9-4-6-20(17,18)7-5-9/h2-3,8-9H,4-7H2,1H3,(H,15,16). The van der Waals surface area contributed by atoms with Crippen molar-refractivity contribution in [3.8, 4) is 5.75 Å². The lowest BCUT2D eigenvalue weighted by Crippen LogP contribution is -2.40. The summed E-state index contributed by atoms with van der Waals surface area (Å²) in [5.41, 5.74) is 0.484. The molecule has 2 rings (SSSR count). The number of sulfone groups is 1. The summed E-state index contributed by atoms with van der Waals surface area (Å²) in [6.07, 6.45) is 0.936. The molecule has 0 bridgehead atoms. The van der Waals surface area contributed by atoms with Crippen molar-refractivity contribution < 1.29 is 17.9 Å². The Labute approximate surface area is 126 Å². The highest BCUT2D eigenvalue weighted by Gasteiger charge is 2.25. The highest BCUT2D eigenvalue weighted by Crippen LogP contribution is 2.23. The molecule has 0 spiro atoms. The molecule has 1 fully saturated rings. The van der Waals surface area contributed by atoms with E-state index in [-0.39, 0.29) is 23.5 Å². The summed E-state index contributed by atoms with van der Waals surface area (Å²) in [5, 5.41) is 2.88. The molecule has 1 aromatic rings. The number of rotatable bonds is 3. The third kappa shape index (κ3) is 3.73. The van der Waals surface area contributed by atoms with Crippen LogP contribution in [0.25, 0.3) is 0 Å². The minimum absolute atomic E-state index is 0.0934. The second-order valence-electron chi connectivity index (χ2n) is 4.75. The lowest BCUT2D eigenvalue weighted by atomic mass is 10.1. The molecule has 1 N–H and O–H groups in total. The van der Waals surface area contributed by atoms with E-state index >= 15 is 0 Å². The summed E-state index contributed by atoms with van der Waals surface area (Å²) >= 11 is 3.33. The van der Waals surface area contributed by atoms with Gasteiger partial charge < -0.3 is 10.1 Å². The third-order valence-corrected chi connectivity index (χ3v) is 5.71. The summed E-state index contributed by atoms with van der Waals surface area (Å²) < 4.78 is 28.5. The second-order valence-corrected chi connectivity index (χ2v) is 7.90. The van der Waals surface area contributed by atoms with E-state index in [0.717, 1.165) is 0 Å². The number of hydrogen-bond acceptors (Lipinski definition) is 4. The van der Waals surface area contributed by atoms with Crippen molar-refractivity contribution in [3.63, 3.8) is 0 Å². The van der Waals surface area contributed by atoms with Gasteiger partial charge >= 0.3 is 0 Å². The first-order chi connectivity index (χ1) is 9.41. The highest BCUT2D eigenvalue weighted by atomic mass is 79.9. The van der Waals surface area contributed by atoms with Crippen LogP contribution in [0, 0.1) is 0 Å². The average Bonchev–Trinajstić information content (AvgIpc) is 2.41. The zero-order chi connectivity index (χ0) is 14.8. The molecule has 0 radical (unpaired) electrons. The molecule has 1 amide bonds. The van der Waals surface area contributed by atoms with Crippen LogP contribution in [-0.2, 0) is 9.84 Å². The van der Waals surface area contributed by atoms with Crippen LogP contribution in [0.4, 0.5) is 0 Å². The predicted octanol–water partition coefficient (Wildman–Crippen LogP) is 1.76. The first-order valence-electron chi connectivity index (χ1n) is 6.26. The number of methoxy groups -OCH3 is 1. The zero-order valence-electron chi connectivity index (χ0n) is 11.1. The third-order valence-electron chi connectivity index (χ3n) is 3.31. The fourth-order valence-electron chi connectivity index (χ4n) is 2.10. The molecule has 5 nitrogen and oxygen atoms in total. The lowest BCUT2D eigenvalue weighted by molar-refractivity contribution is 0.0933. The largest absolute Gasteiger partial charge is 0.497 e. The van der Waals surface area contributed by atoms with Crippen molar-refractivity contribution in [1.29, 1.82) is 0 Å². The minimum Gasteiger partial charge on any atom is -0.497 e. The SMILES string of the molecule is COc1ccc(Br)c(C(=O)NC2CCS(=O)(=O)CC2)c1. The molecule has 0 aliphatic carbocycles. The number of amides is 1. The molecule has 20 heavy (non-hydrogen) atoms. The van der Waals surface area contributed by atoms with Crippen LogP contribution >= 0.6 is 15.9 Å². The lowest BCUT2D eigenvalue weighted by Gasteiger charge is -2.23. The Morgan fingerprint density at radius 2 is 2.00 bits per heavy atom. The fraction of sp³-hybridized carbons (Fsp3) is 0.462. The van der Waals surface area contributed by atoms with E-state index in [1.807, 2.05) is 0 Å². The molecule has 0 atom stereocenters. The molecular formula is C13H16BrNO4S. The quantitative estimate of drug-likeness (QED) is 0.890. The maximum absolute atomic E-state index is 12.2. The normalized spacial score (nSPS) is 18.5.